The second kappa shape index (κ2) is 4.55. The molecular formula is C5H14NP. The fourth-order valence-electron chi connectivity index (χ4n) is 0.306. The molecule has 0 saturated carbocycles. The van der Waals surface area contributed by atoms with Gasteiger partial charge in [-0.25, -0.2) is 0 Å². The van der Waals surface area contributed by atoms with Gasteiger partial charge in [-0.2, -0.15) is 0 Å². The Balaban J connectivity index is 2.68. The van der Waals surface area contributed by atoms with Gasteiger partial charge in [-0.3, -0.25) is 5.09 Å². The summed E-state index contributed by atoms with van der Waals surface area (Å²) in [6.07, 6.45) is 0. The normalized spacial score (nSPS) is 12.0. The van der Waals surface area contributed by atoms with Gasteiger partial charge < -0.3 is 0 Å². The molecule has 0 rings (SSSR count). The lowest BCUT2D eigenvalue weighted by Crippen LogP contribution is -2.08. The van der Waals surface area contributed by atoms with E-state index in [9.17, 15) is 0 Å². The van der Waals surface area contributed by atoms with Gasteiger partial charge in [0.25, 0.3) is 0 Å². The minimum Gasteiger partial charge on any atom is -0.298 e. The molecule has 0 amide bonds. The first-order chi connectivity index (χ1) is 3.27. The van der Waals surface area contributed by atoms with Crippen LogP contribution in [0.5, 0.6) is 0 Å². The van der Waals surface area contributed by atoms with Gasteiger partial charge in [0.1, 0.15) is 0 Å². The molecule has 1 atom stereocenters. The highest BCUT2D eigenvalue weighted by molar-refractivity contribution is 7.34. The molecule has 0 radical (unpaired) electrons. The fourth-order valence-corrected chi connectivity index (χ4v) is 0.919. The highest BCUT2D eigenvalue weighted by Crippen LogP contribution is 1.95. The number of hydrogen-bond acceptors (Lipinski definition) is 1. The largest absolute Gasteiger partial charge is 0.298 e. The van der Waals surface area contributed by atoms with E-state index in [0.717, 1.165) is 21.2 Å². The summed E-state index contributed by atoms with van der Waals surface area (Å²) in [6, 6.07) is 0. The van der Waals surface area contributed by atoms with E-state index >= 15 is 0 Å². The summed E-state index contributed by atoms with van der Waals surface area (Å²) >= 11 is 0. The Morgan fingerprint density at radius 1 is 1.57 bits per heavy atom. The molecular weight excluding hydrogens is 105 g/mol. The number of hydrogen-bond donors (Lipinski definition) is 1. The molecule has 0 spiro atoms. The fraction of sp³-hybridized carbons (Fsp3) is 1.00. The van der Waals surface area contributed by atoms with E-state index in [1.54, 1.807) is 0 Å². The Bertz CT molecular complexity index is 37.1. The molecule has 0 aromatic rings. The summed E-state index contributed by atoms with van der Waals surface area (Å²) in [6.45, 7) is 7.75. The van der Waals surface area contributed by atoms with Crippen molar-refractivity contribution < 1.29 is 0 Å². The monoisotopic (exact) mass is 119 g/mol. The second-order valence-electron chi connectivity index (χ2n) is 2.02. The van der Waals surface area contributed by atoms with Gasteiger partial charge in [0, 0.05) is 6.54 Å². The molecule has 44 valence electrons. The average molecular weight is 119 g/mol. The summed E-state index contributed by atoms with van der Waals surface area (Å²) in [5.74, 6) is 0.799. The van der Waals surface area contributed by atoms with E-state index in [-0.39, 0.29) is 0 Å². The van der Waals surface area contributed by atoms with Gasteiger partial charge in [-0.1, -0.05) is 22.6 Å². The first-order valence-corrected chi connectivity index (χ1v) is 4.17. The van der Waals surface area contributed by atoms with Crippen LogP contribution in [-0.4, -0.2) is 13.2 Å². The maximum atomic E-state index is 3.28. The Labute approximate surface area is 47.7 Å². The molecule has 1 unspecified atom stereocenters. The zero-order valence-electron chi connectivity index (χ0n) is 5.28. The molecule has 0 saturated heterocycles. The van der Waals surface area contributed by atoms with Crippen molar-refractivity contribution in [1.82, 2.24) is 5.09 Å². The Morgan fingerprint density at radius 2 is 2.14 bits per heavy atom. The average Bonchev–Trinajstić information content (AvgIpc) is 1.61. The van der Waals surface area contributed by atoms with E-state index in [4.69, 9.17) is 0 Å². The van der Waals surface area contributed by atoms with Crippen LogP contribution >= 0.6 is 8.73 Å². The summed E-state index contributed by atoms with van der Waals surface area (Å²) in [5, 5.41) is 3.28. The summed E-state index contributed by atoms with van der Waals surface area (Å²) in [5.41, 5.74) is 0. The van der Waals surface area contributed by atoms with E-state index in [0.29, 0.717) is 0 Å². The van der Waals surface area contributed by atoms with Crippen molar-refractivity contribution in [2.75, 3.05) is 13.2 Å². The predicted octanol–water partition coefficient (Wildman–Crippen LogP) is 1.46. The van der Waals surface area contributed by atoms with Crippen molar-refractivity contribution >= 4 is 8.73 Å². The molecule has 0 aliphatic heterocycles. The van der Waals surface area contributed by atoms with Gasteiger partial charge >= 0.3 is 0 Å². The molecule has 0 fully saturated rings. The maximum Gasteiger partial charge on any atom is 0.00109 e. The highest BCUT2D eigenvalue weighted by Gasteiger charge is 1.87. The van der Waals surface area contributed by atoms with Crippen molar-refractivity contribution in [3.05, 3.63) is 0 Å². The van der Waals surface area contributed by atoms with Crippen LogP contribution in [0.15, 0.2) is 0 Å². The van der Waals surface area contributed by atoms with Gasteiger partial charge in [0.15, 0.2) is 0 Å². The van der Waals surface area contributed by atoms with Crippen molar-refractivity contribution in [3.63, 3.8) is 0 Å². The SMILES string of the molecule is CPNCC(C)C. The van der Waals surface area contributed by atoms with Crippen LogP contribution in [0, 0.1) is 5.92 Å². The molecule has 1 N–H and O–H groups in total. The molecule has 0 aromatic carbocycles. The van der Waals surface area contributed by atoms with Crippen LogP contribution in [0.1, 0.15) is 13.8 Å². The highest BCUT2D eigenvalue weighted by atomic mass is 31.1. The third-order valence-corrected chi connectivity index (χ3v) is 1.24. The lowest BCUT2D eigenvalue weighted by molar-refractivity contribution is 0.638. The van der Waals surface area contributed by atoms with Crippen LogP contribution in [0.2, 0.25) is 0 Å². The van der Waals surface area contributed by atoms with Gasteiger partial charge in [-0.15, -0.1) is 0 Å². The third-order valence-electron chi connectivity index (χ3n) is 0.687. The summed E-state index contributed by atoms with van der Waals surface area (Å²) in [7, 11) is 0.901. The molecule has 1 nitrogen and oxygen atoms in total. The lowest BCUT2D eigenvalue weighted by Gasteiger charge is -2.01. The molecule has 2 heteroatoms. The summed E-state index contributed by atoms with van der Waals surface area (Å²) in [4.78, 5) is 0. The Kier molecular flexibility index (Phi) is 4.80. The smallest absolute Gasteiger partial charge is 0.00109 e. The van der Waals surface area contributed by atoms with Crippen LogP contribution in [0.25, 0.3) is 0 Å². The number of nitrogens with one attached hydrogen (secondary N) is 1. The van der Waals surface area contributed by atoms with Gasteiger partial charge in [-0.05, 0) is 12.6 Å². The maximum absolute atomic E-state index is 3.28. The lowest BCUT2D eigenvalue weighted by atomic mass is 10.2. The van der Waals surface area contributed by atoms with E-state index < -0.39 is 0 Å². The zero-order chi connectivity index (χ0) is 5.70. The van der Waals surface area contributed by atoms with E-state index in [1.165, 1.54) is 0 Å². The third kappa shape index (κ3) is 6.39. The zero-order valence-corrected chi connectivity index (χ0v) is 6.28. The molecule has 0 aromatic heterocycles. The predicted molar refractivity (Wildman–Crippen MR) is 37.1 cm³/mol. The van der Waals surface area contributed by atoms with Gasteiger partial charge in [0.2, 0.25) is 0 Å². The molecule has 0 aliphatic carbocycles. The van der Waals surface area contributed by atoms with E-state index in [2.05, 4.69) is 25.6 Å². The minimum atomic E-state index is 0.799. The topological polar surface area (TPSA) is 12.0 Å². The first-order valence-electron chi connectivity index (χ1n) is 2.67. The van der Waals surface area contributed by atoms with Crippen LogP contribution in [-0.2, 0) is 0 Å². The minimum absolute atomic E-state index is 0.799. The Morgan fingerprint density at radius 3 is 2.29 bits per heavy atom. The van der Waals surface area contributed by atoms with E-state index in [1.807, 2.05) is 0 Å². The van der Waals surface area contributed by atoms with Crippen molar-refractivity contribution in [3.8, 4) is 0 Å². The van der Waals surface area contributed by atoms with Crippen LogP contribution in [0.3, 0.4) is 0 Å². The van der Waals surface area contributed by atoms with Crippen molar-refractivity contribution in [2.45, 2.75) is 13.8 Å². The molecule has 0 heterocycles. The standard InChI is InChI=1S/C5H14NP/c1-5(2)4-6-7-3/h5-7H,4H2,1-3H3. The quantitative estimate of drug-likeness (QED) is 0.554. The molecule has 0 bridgehead atoms. The van der Waals surface area contributed by atoms with Crippen LogP contribution in [0.4, 0.5) is 0 Å². The molecule has 7 heavy (non-hydrogen) atoms. The first kappa shape index (κ1) is 7.39. The number of rotatable bonds is 3. The van der Waals surface area contributed by atoms with Gasteiger partial charge in [0.05, 0.1) is 0 Å². The summed E-state index contributed by atoms with van der Waals surface area (Å²) < 4.78 is 0. The Hall–Kier alpha value is 0.390. The van der Waals surface area contributed by atoms with Crippen LogP contribution < -0.4 is 5.09 Å². The second-order valence-corrected chi connectivity index (χ2v) is 2.88. The van der Waals surface area contributed by atoms with Crippen molar-refractivity contribution in [1.29, 1.82) is 0 Å². The molecule has 0 aliphatic rings. The van der Waals surface area contributed by atoms with Crippen molar-refractivity contribution in [2.24, 2.45) is 5.92 Å².